The molecule has 1 heterocycles. The van der Waals surface area contributed by atoms with E-state index in [0.717, 1.165) is 0 Å². The van der Waals surface area contributed by atoms with Gasteiger partial charge >= 0.3 is 0 Å². The van der Waals surface area contributed by atoms with Crippen molar-refractivity contribution in [2.75, 3.05) is 0 Å². The van der Waals surface area contributed by atoms with Crippen LogP contribution in [0.4, 0.5) is 0 Å². The minimum absolute atomic E-state index is 0.0679. The van der Waals surface area contributed by atoms with E-state index in [9.17, 15) is 0 Å². The summed E-state index contributed by atoms with van der Waals surface area (Å²) in [6, 6.07) is 35.3. The standard InChI is InChI=1S/C33H27N/c1-33(2,3)26-15-16-27-29(20-26)31(23-10-5-4-6-11-23)28-17-18-34-21-30(28)32(27)25-14-13-22-9-7-8-12-24(22)19-25/h4-21H,1-3H3. The number of rotatable bonds is 2. The predicted molar refractivity (Wildman–Crippen MR) is 146 cm³/mol. The van der Waals surface area contributed by atoms with Gasteiger partial charge in [-0.2, -0.15) is 0 Å². The van der Waals surface area contributed by atoms with Gasteiger partial charge in [-0.25, -0.2) is 0 Å². The quantitative estimate of drug-likeness (QED) is 0.246. The fraction of sp³-hybridized carbons (Fsp3) is 0.121. The first kappa shape index (κ1) is 20.6. The number of aromatic nitrogens is 1. The van der Waals surface area contributed by atoms with E-state index in [4.69, 9.17) is 0 Å². The van der Waals surface area contributed by atoms with Crippen LogP contribution in [0.1, 0.15) is 26.3 Å². The molecule has 1 aromatic heterocycles. The van der Waals surface area contributed by atoms with Crippen molar-refractivity contribution < 1.29 is 0 Å². The Morgan fingerprint density at radius 3 is 2.03 bits per heavy atom. The highest BCUT2D eigenvalue weighted by Gasteiger charge is 2.20. The number of benzene rings is 5. The first-order valence-corrected chi connectivity index (χ1v) is 11.9. The van der Waals surface area contributed by atoms with Gasteiger partial charge in [0.15, 0.2) is 0 Å². The summed E-state index contributed by atoms with van der Waals surface area (Å²) < 4.78 is 0. The van der Waals surface area contributed by atoms with Gasteiger partial charge in [0.2, 0.25) is 0 Å². The van der Waals surface area contributed by atoms with Crippen LogP contribution in [0, 0.1) is 0 Å². The number of nitrogens with zero attached hydrogens (tertiary/aromatic N) is 1. The van der Waals surface area contributed by atoms with Crippen molar-refractivity contribution in [3.05, 3.63) is 115 Å². The maximum Gasteiger partial charge on any atom is 0.0353 e. The normalized spacial score (nSPS) is 12.0. The van der Waals surface area contributed by atoms with Gasteiger partial charge in [-0.1, -0.05) is 99.6 Å². The van der Waals surface area contributed by atoms with Gasteiger partial charge < -0.3 is 0 Å². The number of hydrogen-bond acceptors (Lipinski definition) is 1. The maximum absolute atomic E-state index is 4.56. The molecule has 0 N–H and O–H groups in total. The van der Waals surface area contributed by atoms with Crippen LogP contribution in [-0.4, -0.2) is 4.98 Å². The third-order valence-electron chi connectivity index (χ3n) is 6.88. The lowest BCUT2D eigenvalue weighted by Crippen LogP contribution is -2.10. The van der Waals surface area contributed by atoms with E-state index in [1.807, 2.05) is 12.4 Å². The SMILES string of the molecule is CC(C)(C)c1ccc2c(-c3ccc4ccccc4c3)c3cnccc3c(-c3ccccc3)c2c1. The summed E-state index contributed by atoms with van der Waals surface area (Å²) in [4.78, 5) is 4.56. The molecule has 0 unspecified atom stereocenters. The Bertz CT molecular complexity index is 1670. The first-order chi connectivity index (χ1) is 16.5. The summed E-state index contributed by atoms with van der Waals surface area (Å²) in [5.74, 6) is 0. The van der Waals surface area contributed by atoms with Gasteiger partial charge in [-0.15, -0.1) is 0 Å². The minimum atomic E-state index is 0.0679. The molecular formula is C33H27N. The maximum atomic E-state index is 4.56. The van der Waals surface area contributed by atoms with Gasteiger partial charge in [-0.05, 0) is 78.4 Å². The topological polar surface area (TPSA) is 12.9 Å². The molecule has 0 aliphatic carbocycles. The largest absolute Gasteiger partial charge is 0.264 e. The van der Waals surface area contributed by atoms with Gasteiger partial charge in [0, 0.05) is 17.8 Å². The summed E-state index contributed by atoms with van der Waals surface area (Å²) in [5.41, 5.74) is 6.41. The lowest BCUT2D eigenvalue weighted by Gasteiger charge is -2.23. The Kier molecular flexibility index (Phi) is 4.74. The van der Waals surface area contributed by atoms with E-state index >= 15 is 0 Å². The molecule has 6 rings (SSSR count). The van der Waals surface area contributed by atoms with Crippen molar-refractivity contribution in [3.8, 4) is 22.3 Å². The minimum Gasteiger partial charge on any atom is -0.264 e. The highest BCUT2D eigenvalue weighted by Crippen LogP contribution is 2.44. The molecule has 164 valence electrons. The predicted octanol–water partition coefficient (Wildman–Crippen LogP) is 9.17. The van der Waals surface area contributed by atoms with Crippen LogP contribution in [0.5, 0.6) is 0 Å². The molecule has 1 nitrogen and oxygen atoms in total. The van der Waals surface area contributed by atoms with Crippen LogP contribution in [0.2, 0.25) is 0 Å². The van der Waals surface area contributed by atoms with E-state index in [1.54, 1.807) is 0 Å². The molecule has 0 aliphatic heterocycles. The molecule has 0 amide bonds. The lowest BCUT2D eigenvalue weighted by atomic mass is 9.81. The summed E-state index contributed by atoms with van der Waals surface area (Å²) >= 11 is 0. The molecule has 0 aliphatic rings. The average molecular weight is 438 g/mol. The molecule has 0 saturated heterocycles. The first-order valence-electron chi connectivity index (χ1n) is 11.9. The van der Waals surface area contributed by atoms with E-state index < -0.39 is 0 Å². The highest BCUT2D eigenvalue weighted by molar-refractivity contribution is 6.21. The summed E-state index contributed by atoms with van der Waals surface area (Å²) in [6.45, 7) is 6.85. The highest BCUT2D eigenvalue weighted by atomic mass is 14.6. The smallest absolute Gasteiger partial charge is 0.0353 e. The molecule has 0 radical (unpaired) electrons. The van der Waals surface area contributed by atoms with Crippen LogP contribution in [-0.2, 0) is 5.41 Å². The van der Waals surface area contributed by atoms with Crippen molar-refractivity contribution in [2.45, 2.75) is 26.2 Å². The fourth-order valence-corrected chi connectivity index (χ4v) is 5.11. The Morgan fingerprint density at radius 2 is 1.24 bits per heavy atom. The average Bonchev–Trinajstić information content (AvgIpc) is 2.86. The van der Waals surface area contributed by atoms with E-state index in [0.29, 0.717) is 0 Å². The van der Waals surface area contributed by atoms with Gasteiger partial charge in [0.25, 0.3) is 0 Å². The van der Waals surface area contributed by atoms with Crippen molar-refractivity contribution in [1.29, 1.82) is 0 Å². The Hall–Kier alpha value is -3.97. The molecule has 6 aromatic rings. The van der Waals surface area contributed by atoms with Crippen LogP contribution >= 0.6 is 0 Å². The molecule has 0 fully saturated rings. The van der Waals surface area contributed by atoms with Crippen LogP contribution in [0.25, 0.3) is 54.6 Å². The van der Waals surface area contributed by atoms with E-state index in [2.05, 4.69) is 123 Å². The summed E-state index contributed by atoms with van der Waals surface area (Å²) in [6.07, 6.45) is 3.95. The lowest BCUT2D eigenvalue weighted by molar-refractivity contribution is 0.591. The second kappa shape index (κ2) is 7.81. The molecule has 0 saturated carbocycles. The molecule has 0 spiro atoms. The third-order valence-corrected chi connectivity index (χ3v) is 6.88. The van der Waals surface area contributed by atoms with Crippen molar-refractivity contribution >= 4 is 32.3 Å². The molecule has 0 bridgehead atoms. The summed E-state index contributed by atoms with van der Waals surface area (Å²) in [7, 11) is 0. The number of hydrogen-bond donors (Lipinski definition) is 0. The zero-order valence-corrected chi connectivity index (χ0v) is 19.8. The fourth-order valence-electron chi connectivity index (χ4n) is 5.11. The number of pyridine rings is 1. The van der Waals surface area contributed by atoms with Crippen LogP contribution in [0.3, 0.4) is 0 Å². The molecule has 34 heavy (non-hydrogen) atoms. The van der Waals surface area contributed by atoms with Crippen LogP contribution < -0.4 is 0 Å². The monoisotopic (exact) mass is 437 g/mol. The van der Waals surface area contributed by atoms with Crippen molar-refractivity contribution in [1.82, 2.24) is 4.98 Å². The van der Waals surface area contributed by atoms with E-state index in [-0.39, 0.29) is 5.41 Å². The van der Waals surface area contributed by atoms with Crippen molar-refractivity contribution in [2.24, 2.45) is 0 Å². The van der Waals surface area contributed by atoms with Gasteiger partial charge in [-0.3, -0.25) is 4.98 Å². The second-order valence-corrected chi connectivity index (χ2v) is 10.1. The van der Waals surface area contributed by atoms with Crippen LogP contribution in [0.15, 0.2) is 109 Å². The zero-order valence-electron chi connectivity index (χ0n) is 19.8. The molecule has 0 atom stereocenters. The van der Waals surface area contributed by atoms with Gasteiger partial charge in [0.1, 0.15) is 0 Å². The Labute approximate surface area is 200 Å². The molecule has 5 aromatic carbocycles. The molecule has 1 heteroatoms. The van der Waals surface area contributed by atoms with Gasteiger partial charge in [0.05, 0.1) is 0 Å². The second-order valence-electron chi connectivity index (χ2n) is 10.1. The zero-order chi connectivity index (χ0) is 23.3. The van der Waals surface area contributed by atoms with E-state index in [1.165, 1.54) is 60.1 Å². The Balaban J connectivity index is 1.80. The number of fused-ring (bicyclic) bond motifs is 3. The third kappa shape index (κ3) is 3.36. The van der Waals surface area contributed by atoms with Crippen molar-refractivity contribution in [3.63, 3.8) is 0 Å². The summed E-state index contributed by atoms with van der Waals surface area (Å²) in [5, 5.41) is 7.50. The molecular weight excluding hydrogens is 410 g/mol. The Morgan fingerprint density at radius 1 is 0.529 bits per heavy atom.